The molecule has 5 rings (SSSR count). The molecule has 2 aromatic carbocycles. The lowest BCUT2D eigenvalue weighted by atomic mass is 9.77. The van der Waals surface area contributed by atoms with Gasteiger partial charge in [-0.1, -0.05) is 51.5 Å². The van der Waals surface area contributed by atoms with Crippen molar-refractivity contribution in [3.05, 3.63) is 58.7 Å². The van der Waals surface area contributed by atoms with Crippen LogP contribution in [-0.2, 0) is 15.0 Å². The Balaban J connectivity index is 1.39. The summed E-state index contributed by atoms with van der Waals surface area (Å²) in [5.41, 5.74) is 5.19. The molecule has 2 aromatic rings. The summed E-state index contributed by atoms with van der Waals surface area (Å²) in [4.78, 5) is 24.9. The molecule has 1 heterocycles. The van der Waals surface area contributed by atoms with Crippen LogP contribution in [0.25, 0.3) is 6.08 Å². The normalized spacial score (nSPS) is 21.4. The van der Waals surface area contributed by atoms with Crippen molar-refractivity contribution in [1.82, 2.24) is 5.32 Å². The molecule has 2 unspecified atom stereocenters. The lowest BCUT2D eigenvalue weighted by molar-refractivity contribution is -0.119. The van der Waals surface area contributed by atoms with Gasteiger partial charge >= 0.3 is 0 Å². The Bertz CT molecular complexity index is 1250. The van der Waals surface area contributed by atoms with Crippen LogP contribution in [0, 0.1) is 11.3 Å². The number of benzene rings is 2. The highest BCUT2D eigenvalue weighted by atomic mass is 16.7. The van der Waals surface area contributed by atoms with Gasteiger partial charge in [-0.15, -0.1) is 0 Å². The maximum absolute atomic E-state index is 13.5. The van der Waals surface area contributed by atoms with E-state index in [0.29, 0.717) is 24.1 Å². The van der Waals surface area contributed by atoms with Crippen LogP contribution in [0.1, 0.15) is 82.9 Å². The molecule has 2 amide bonds. The van der Waals surface area contributed by atoms with E-state index in [4.69, 9.17) is 9.47 Å². The van der Waals surface area contributed by atoms with Gasteiger partial charge in [-0.2, -0.15) is 0 Å². The third kappa shape index (κ3) is 5.11. The lowest BCUT2D eigenvalue weighted by Crippen LogP contribution is -2.27. The molecule has 196 valence electrons. The van der Waals surface area contributed by atoms with Crippen molar-refractivity contribution in [2.45, 2.75) is 71.6 Å². The van der Waals surface area contributed by atoms with Crippen LogP contribution in [0.15, 0.2) is 42.0 Å². The molecular formula is C31H38N2O4. The van der Waals surface area contributed by atoms with Crippen molar-refractivity contribution in [2.75, 3.05) is 18.7 Å². The molecule has 0 radical (unpaired) electrons. The number of hydrogen-bond acceptors (Lipinski definition) is 4. The first kappa shape index (κ1) is 25.4. The first-order valence-corrected chi connectivity index (χ1v) is 13.4. The molecule has 3 aliphatic rings. The van der Waals surface area contributed by atoms with Crippen LogP contribution >= 0.6 is 0 Å². The van der Waals surface area contributed by atoms with Crippen LogP contribution in [0.3, 0.4) is 0 Å². The second-order valence-corrected chi connectivity index (χ2v) is 11.9. The molecular weight excluding hydrogens is 464 g/mol. The average Bonchev–Trinajstić information content (AvgIpc) is 3.55. The molecule has 0 spiro atoms. The molecule has 6 heteroatoms. The largest absolute Gasteiger partial charge is 0.454 e. The van der Waals surface area contributed by atoms with Gasteiger partial charge < -0.3 is 20.1 Å². The molecule has 2 atom stereocenters. The van der Waals surface area contributed by atoms with Crippen molar-refractivity contribution in [3.8, 4) is 11.5 Å². The minimum absolute atomic E-state index is 0.0165. The fourth-order valence-electron chi connectivity index (χ4n) is 5.68. The van der Waals surface area contributed by atoms with E-state index < -0.39 is 5.41 Å². The molecule has 1 aliphatic heterocycles. The number of allylic oxidation sites excluding steroid dienone is 1. The molecule has 6 nitrogen and oxygen atoms in total. The monoisotopic (exact) mass is 502 g/mol. The van der Waals surface area contributed by atoms with Gasteiger partial charge in [0.2, 0.25) is 18.6 Å². The third-order valence-corrected chi connectivity index (χ3v) is 8.32. The summed E-state index contributed by atoms with van der Waals surface area (Å²) in [5, 5.41) is 6.19. The number of nitrogens with one attached hydrogen (secondary N) is 2. The maximum Gasteiger partial charge on any atom is 0.235 e. The zero-order valence-corrected chi connectivity index (χ0v) is 22.6. The summed E-state index contributed by atoms with van der Waals surface area (Å²) >= 11 is 0. The van der Waals surface area contributed by atoms with E-state index in [-0.39, 0.29) is 24.0 Å². The SMILES string of the molecule is CC(=O)NCCC1CC(C(C)(C)C)=Cc2cc(NC(=O)C3(c4ccc5c(c4)OCO5)CC3)ccc2C1C. The summed E-state index contributed by atoms with van der Waals surface area (Å²) in [6.07, 6.45) is 5.90. The van der Waals surface area contributed by atoms with Gasteiger partial charge in [0.05, 0.1) is 5.41 Å². The molecule has 0 saturated heterocycles. The van der Waals surface area contributed by atoms with E-state index in [1.165, 1.54) is 16.7 Å². The predicted octanol–water partition coefficient (Wildman–Crippen LogP) is 6.16. The van der Waals surface area contributed by atoms with E-state index >= 15 is 0 Å². The summed E-state index contributed by atoms with van der Waals surface area (Å²) < 4.78 is 11.0. The van der Waals surface area contributed by atoms with Crippen molar-refractivity contribution in [3.63, 3.8) is 0 Å². The summed E-state index contributed by atoms with van der Waals surface area (Å²) in [6, 6.07) is 12.2. The number of anilines is 1. The molecule has 0 aromatic heterocycles. The Labute approximate surface area is 219 Å². The summed E-state index contributed by atoms with van der Waals surface area (Å²) in [6.45, 7) is 11.5. The Morgan fingerprint density at radius 1 is 1.05 bits per heavy atom. The quantitative estimate of drug-likeness (QED) is 0.496. The first-order chi connectivity index (χ1) is 17.6. The van der Waals surface area contributed by atoms with E-state index in [9.17, 15) is 9.59 Å². The van der Waals surface area contributed by atoms with Crippen molar-refractivity contribution in [1.29, 1.82) is 0 Å². The maximum atomic E-state index is 13.5. The number of amides is 2. The zero-order chi connectivity index (χ0) is 26.4. The second kappa shape index (κ2) is 9.55. The minimum Gasteiger partial charge on any atom is -0.454 e. The van der Waals surface area contributed by atoms with Gasteiger partial charge in [-0.3, -0.25) is 9.59 Å². The predicted molar refractivity (Wildman–Crippen MR) is 146 cm³/mol. The first-order valence-electron chi connectivity index (χ1n) is 13.4. The topological polar surface area (TPSA) is 76.7 Å². The average molecular weight is 503 g/mol. The Kier molecular flexibility index (Phi) is 6.55. The van der Waals surface area contributed by atoms with Crippen molar-refractivity contribution < 1.29 is 19.1 Å². The molecule has 1 saturated carbocycles. The molecule has 37 heavy (non-hydrogen) atoms. The van der Waals surface area contributed by atoms with E-state index in [1.807, 2.05) is 24.3 Å². The van der Waals surface area contributed by atoms with Gasteiger partial charge in [0.15, 0.2) is 11.5 Å². The van der Waals surface area contributed by atoms with Crippen LogP contribution in [0.2, 0.25) is 0 Å². The lowest BCUT2D eigenvalue weighted by Gasteiger charge is -2.28. The summed E-state index contributed by atoms with van der Waals surface area (Å²) in [5.74, 6) is 2.26. The minimum atomic E-state index is -0.512. The number of hydrogen-bond donors (Lipinski definition) is 2. The Morgan fingerprint density at radius 2 is 1.81 bits per heavy atom. The molecule has 0 bridgehead atoms. The highest BCUT2D eigenvalue weighted by Gasteiger charge is 2.51. The molecule has 1 fully saturated rings. The van der Waals surface area contributed by atoms with Gasteiger partial charge in [0.25, 0.3) is 0 Å². The fraction of sp³-hybridized carbons (Fsp3) is 0.484. The highest BCUT2D eigenvalue weighted by Crippen LogP contribution is 2.51. The Hall–Kier alpha value is -3.28. The highest BCUT2D eigenvalue weighted by molar-refractivity contribution is 6.01. The summed E-state index contributed by atoms with van der Waals surface area (Å²) in [7, 11) is 0. The van der Waals surface area contributed by atoms with E-state index in [1.54, 1.807) is 6.92 Å². The van der Waals surface area contributed by atoms with Crippen LogP contribution < -0.4 is 20.1 Å². The fourth-order valence-corrected chi connectivity index (χ4v) is 5.68. The third-order valence-electron chi connectivity index (χ3n) is 8.32. The van der Waals surface area contributed by atoms with E-state index in [2.05, 4.69) is 56.5 Å². The van der Waals surface area contributed by atoms with Crippen LogP contribution in [-0.4, -0.2) is 25.2 Å². The number of rotatable bonds is 6. The van der Waals surface area contributed by atoms with Crippen LogP contribution in [0.5, 0.6) is 11.5 Å². The van der Waals surface area contributed by atoms with E-state index in [0.717, 1.165) is 42.7 Å². The zero-order valence-electron chi connectivity index (χ0n) is 22.6. The number of fused-ring (bicyclic) bond motifs is 2. The van der Waals surface area contributed by atoms with Crippen molar-refractivity contribution in [2.24, 2.45) is 11.3 Å². The second-order valence-electron chi connectivity index (χ2n) is 11.9. The number of carbonyl (C=O) groups is 2. The van der Waals surface area contributed by atoms with Gasteiger partial charge in [-0.25, -0.2) is 0 Å². The number of carbonyl (C=O) groups excluding carboxylic acids is 2. The van der Waals surface area contributed by atoms with Crippen molar-refractivity contribution >= 4 is 23.6 Å². The smallest absolute Gasteiger partial charge is 0.235 e. The Morgan fingerprint density at radius 3 is 2.51 bits per heavy atom. The van der Waals surface area contributed by atoms with Gasteiger partial charge in [0.1, 0.15) is 0 Å². The van der Waals surface area contributed by atoms with Gasteiger partial charge in [0, 0.05) is 19.2 Å². The molecule has 2 aliphatic carbocycles. The molecule has 2 N–H and O–H groups in total. The standard InChI is InChI=1S/C31H38N2O4/c1-19-21(10-13-32-20(2)34)14-24(30(3,4)5)15-22-16-25(7-8-26(19)22)33-29(35)31(11-12-31)23-6-9-27-28(17-23)37-18-36-27/h6-9,15-17,19,21H,10-14,18H2,1-5H3,(H,32,34)(H,33,35). The van der Waals surface area contributed by atoms with Crippen LogP contribution in [0.4, 0.5) is 5.69 Å². The van der Waals surface area contributed by atoms with Gasteiger partial charge in [-0.05, 0) is 83.9 Å². The number of ether oxygens (including phenoxy) is 2.